The molecule has 1 heterocycles. The number of nitro groups is 1. The van der Waals surface area contributed by atoms with Gasteiger partial charge in [0.15, 0.2) is 0 Å². The molecule has 0 spiro atoms. The summed E-state index contributed by atoms with van der Waals surface area (Å²) in [6.45, 7) is 1.19. The van der Waals surface area contributed by atoms with Crippen molar-refractivity contribution in [1.29, 1.82) is 0 Å². The fourth-order valence-electron chi connectivity index (χ4n) is 2.13. The zero-order chi connectivity index (χ0) is 16.5. The molecule has 0 aliphatic carbocycles. The van der Waals surface area contributed by atoms with Gasteiger partial charge in [0.2, 0.25) is 0 Å². The fourth-order valence-corrected chi connectivity index (χ4v) is 2.13. The number of nitrogens with zero attached hydrogens (tertiary/aromatic N) is 2. The lowest BCUT2D eigenvalue weighted by atomic mass is 10.2. The first-order valence-electron chi connectivity index (χ1n) is 7.25. The molecule has 8 heteroatoms. The van der Waals surface area contributed by atoms with E-state index in [0.29, 0.717) is 12.1 Å². The second-order valence-electron chi connectivity index (χ2n) is 4.91. The smallest absolute Gasteiger partial charge is 0.335 e. The van der Waals surface area contributed by atoms with Crippen LogP contribution in [0.3, 0.4) is 0 Å². The number of para-hydroxylation sites is 1. The minimum Gasteiger partial charge on any atom is -0.376 e. The molecule has 2 rings (SSSR count). The van der Waals surface area contributed by atoms with Crippen molar-refractivity contribution in [3.63, 3.8) is 0 Å². The summed E-state index contributed by atoms with van der Waals surface area (Å²) in [7, 11) is 0. The minimum absolute atomic E-state index is 0.0133. The van der Waals surface area contributed by atoms with Gasteiger partial charge in [0.05, 0.1) is 16.6 Å². The summed E-state index contributed by atoms with van der Waals surface area (Å²) in [5.74, 6) is 0. The van der Waals surface area contributed by atoms with Gasteiger partial charge in [-0.2, -0.15) is 5.10 Å². The molecule has 2 amide bonds. The molecule has 23 heavy (non-hydrogen) atoms. The van der Waals surface area contributed by atoms with Crippen molar-refractivity contribution >= 4 is 24.0 Å². The molecule has 122 valence electrons. The van der Waals surface area contributed by atoms with Crippen molar-refractivity contribution < 1.29 is 14.5 Å². The average Bonchev–Trinajstić information content (AvgIpc) is 3.06. The highest BCUT2D eigenvalue weighted by Crippen LogP contribution is 2.18. The van der Waals surface area contributed by atoms with Gasteiger partial charge in [-0.15, -0.1) is 0 Å². The number of urea groups is 1. The number of rotatable bonds is 6. The molecule has 1 aromatic carbocycles. The van der Waals surface area contributed by atoms with E-state index >= 15 is 0 Å². The number of allylic oxidation sites excluding steroid dienone is 1. The number of hydrogen-bond donors (Lipinski definition) is 2. The molecule has 8 nitrogen and oxygen atoms in total. The summed E-state index contributed by atoms with van der Waals surface area (Å²) in [5.41, 5.74) is 2.79. The molecule has 1 aromatic rings. The summed E-state index contributed by atoms with van der Waals surface area (Å²) >= 11 is 0. The van der Waals surface area contributed by atoms with Crippen LogP contribution in [-0.2, 0) is 4.74 Å². The number of carbonyl (C=O) groups is 1. The van der Waals surface area contributed by atoms with Crippen LogP contribution in [0.1, 0.15) is 18.4 Å². The number of hydrazone groups is 1. The summed E-state index contributed by atoms with van der Waals surface area (Å²) in [6, 6.07) is 5.94. The van der Waals surface area contributed by atoms with E-state index in [2.05, 4.69) is 15.8 Å². The van der Waals surface area contributed by atoms with Gasteiger partial charge >= 0.3 is 6.03 Å². The molecule has 0 bridgehead atoms. The number of amides is 2. The zero-order valence-corrected chi connectivity index (χ0v) is 12.5. The minimum atomic E-state index is -0.451. The van der Waals surface area contributed by atoms with Crippen LogP contribution < -0.4 is 10.7 Å². The van der Waals surface area contributed by atoms with E-state index < -0.39 is 11.0 Å². The van der Waals surface area contributed by atoms with E-state index in [4.69, 9.17) is 4.74 Å². The Morgan fingerprint density at radius 3 is 3.04 bits per heavy atom. The van der Waals surface area contributed by atoms with Gasteiger partial charge < -0.3 is 10.1 Å². The molecule has 0 aromatic heterocycles. The van der Waals surface area contributed by atoms with Gasteiger partial charge in [-0.1, -0.05) is 12.1 Å². The summed E-state index contributed by atoms with van der Waals surface area (Å²) in [5, 5.41) is 17.2. The number of nitro benzene ring substituents is 1. The molecule has 1 unspecified atom stereocenters. The van der Waals surface area contributed by atoms with Crippen molar-refractivity contribution in [2.75, 3.05) is 13.2 Å². The van der Waals surface area contributed by atoms with Crippen molar-refractivity contribution in [1.82, 2.24) is 10.7 Å². The quantitative estimate of drug-likeness (QED) is 0.476. The summed E-state index contributed by atoms with van der Waals surface area (Å²) in [4.78, 5) is 21.9. The van der Waals surface area contributed by atoms with Crippen LogP contribution in [0.5, 0.6) is 0 Å². The average molecular weight is 318 g/mol. The lowest BCUT2D eigenvalue weighted by Gasteiger charge is -2.09. The van der Waals surface area contributed by atoms with Gasteiger partial charge in [-0.25, -0.2) is 10.2 Å². The zero-order valence-electron chi connectivity index (χ0n) is 12.5. The van der Waals surface area contributed by atoms with Crippen LogP contribution in [0.25, 0.3) is 6.08 Å². The van der Waals surface area contributed by atoms with Crippen molar-refractivity contribution in [3.8, 4) is 0 Å². The topological polar surface area (TPSA) is 106 Å². The van der Waals surface area contributed by atoms with Crippen LogP contribution in [0.15, 0.2) is 35.4 Å². The molecular formula is C15H18N4O4. The highest BCUT2D eigenvalue weighted by Gasteiger charge is 2.15. The molecule has 1 saturated heterocycles. The van der Waals surface area contributed by atoms with Gasteiger partial charge in [-0.3, -0.25) is 10.1 Å². The third-order valence-corrected chi connectivity index (χ3v) is 3.25. The van der Waals surface area contributed by atoms with Crippen LogP contribution in [0.2, 0.25) is 0 Å². The van der Waals surface area contributed by atoms with Crippen LogP contribution in [0, 0.1) is 10.1 Å². The molecule has 1 aliphatic rings. The third kappa shape index (κ3) is 5.51. The SMILES string of the molecule is O=C(NCC1CCCO1)N/N=C/C=C/c1ccccc1[N+](=O)[O-]. The summed E-state index contributed by atoms with van der Waals surface area (Å²) < 4.78 is 5.38. The van der Waals surface area contributed by atoms with Gasteiger partial charge in [0, 0.05) is 25.4 Å². The Kier molecular flexibility index (Phi) is 6.25. The first-order valence-corrected chi connectivity index (χ1v) is 7.25. The van der Waals surface area contributed by atoms with Crippen LogP contribution >= 0.6 is 0 Å². The normalized spacial score (nSPS) is 17.7. The van der Waals surface area contributed by atoms with Gasteiger partial charge in [-0.05, 0) is 31.1 Å². The molecular weight excluding hydrogens is 300 g/mol. The van der Waals surface area contributed by atoms with Crippen LogP contribution in [-0.4, -0.2) is 36.4 Å². The molecule has 1 fully saturated rings. The van der Waals surface area contributed by atoms with E-state index in [9.17, 15) is 14.9 Å². The number of carbonyl (C=O) groups excluding carboxylic acids is 1. The third-order valence-electron chi connectivity index (χ3n) is 3.25. The number of benzene rings is 1. The maximum atomic E-state index is 11.5. The Balaban J connectivity index is 1.75. The Morgan fingerprint density at radius 1 is 1.48 bits per heavy atom. The molecule has 1 aliphatic heterocycles. The molecule has 0 radical (unpaired) electrons. The van der Waals surface area contributed by atoms with Gasteiger partial charge in [0.25, 0.3) is 5.69 Å². The number of hydrogen-bond acceptors (Lipinski definition) is 5. The van der Waals surface area contributed by atoms with Crippen molar-refractivity contribution in [3.05, 3.63) is 46.0 Å². The highest BCUT2D eigenvalue weighted by atomic mass is 16.6. The standard InChI is InChI=1S/C15H18N4O4/c20-15(16-11-13-7-4-10-23-13)18-17-9-3-6-12-5-1-2-8-14(12)19(21)22/h1-3,5-6,8-9,13H,4,7,10-11H2,(H2,16,18,20)/b6-3+,17-9+. The monoisotopic (exact) mass is 318 g/mol. The molecule has 1 atom stereocenters. The Bertz CT molecular complexity index is 609. The molecule has 2 N–H and O–H groups in total. The molecule has 0 saturated carbocycles. The number of nitrogens with one attached hydrogen (secondary N) is 2. The maximum Gasteiger partial charge on any atom is 0.335 e. The lowest BCUT2D eigenvalue weighted by molar-refractivity contribution is -0.385. The first-order chi connectivity index (χ1) is 11.2. The second kappa shape index (κ2) is 8.64. The first kappa shape index (κ1) is 16.6. The fraction of sp³-hybridized carbons (Fsp3) is 0.333. The van der Waals surface area contributed by atoms with E-state index in [-0.39, 0.29) is 11.8 Å². The summed E-state index contributed by atoms with van der Waals surface area (Å²) in [6.07, 6.45) is 6.45. The predicted octanol–water partition coefficient (Wildman–Crippen LogP) is 2.07. The Labute approximate surface area is 133 Å². The van der Waals surface area contributed by atoms with E-state index in [1.54, 1.807) is 24.3 Å². The second-order valence-corrected chi connectivity index (χ2v) is 4.91. The highest BCUT2D eigenvalue weighted by molar-refractivity contribution is 5.81. The van der Waals surface area contributed by atoms with Gasteiger partial charge in [0.1, 0.15) is 0 Å². The maximum absolute atomic E-state index is 11.5. The Hall–Kier alpha value is -2.74. The Morgan fingerprint density at radius 2 is 2.30 bits per heavy atom. The predicted molar refractivity (Wildman–Crippen MR) is 86.1 cm³/mol. The van der Waals surface area contributed by atoms with E-state index in [1.807, 2.05) is 0 Å². The van der Waals surface area contributed by atoms with Crippen molar-refractivity contribution in [2.24, 2.45) is 5.10 Å². The van der Waals surface area contributed by atoms with Crippen molar-refractivity contribution in [2.45, 2.75) is 18.9 Å². The van der Waals surface area contributed by atoms with E-state index in [0.717, 1.165) is 19.4 Å². The largest absolute Gasteiger partial charge is 0.376 e. The lowest BCUT2D eigenvalue weighted by Crippen LogP contribution is -2.37. The number of ether oxygens (including phenoxy) is 1. The van der Waals surface area contributed by atoms with Crippen LogP contribution in [0.4, 0.5) is 10.5 Å². The van der Waals surface area contributed by atoms with E-state index in [1.165, 1.54) is 18.4 Å².